The standard InChI is InChI=1S/C25H21NO8S.C2H2O4/c1-4-13-11-14-17(12-16(13)34-25(30)24(29)32-6-3)33-21(23(28)31-5-2)19(20(14)27)22-26-15-9-7-8-10-18(15)35-22;3-1(4)2(5)6/h7-12H,4-6H2,1-3H3;(H,3,4)(H,5,6). The van der Waals surface area contributed by atoms with Gasteiger partial charge in [-0.2, -0.15) is 0 Å². The zero-order valence-electron chi connectivity index (χ0n) is 21.9. The molecular formula is C27H23NO12S. The van der Waals surface area contributed by atoms with Gasteiger partial charge in [-0.1, -0.05) is 19.1 Å². The zero-order valence-corrected chi connectivity index (χ0v) is 22.7. The molecule has 2 N–H and O–H groups in total. The number of nitrogens with zero attached hydrogens (tertiary/aromatic N) is 1. The summed E-state index contributed by atoms with van der Waals surface area (Å²) in [6, 6.07) is 10.2. The maximum atomic E-state index is 13.6. The van der Waals surface area contributed by atoms with Gasteiger partial charge in [-0.25, -0.2) is 29.0 Å². The lowest BCUT2D eigenvalue weighted by molar-refractivity contribution is -0.161. The van der Waals surface area contributed by atoms with Gasteiger partial charge in [0.05, 0.1) is 28.8 Å². The highest BCUT2D eigenvalue weighted by molar-refractivity contribution is 7.21. The van der Waals surface area contributed by atoms with Crippen LogP contribution in [0, 0.1) is 0 Å². The Morgan fingerprint density at radius 3 is 2.17 bits per heavy atom. The Kier molecular flexibility index (Phi) is 9.87. The lowest BCUT2D eigenvalue weighted by Gasteiger charge is -2.12. The number of carboxylic acid groups (broad SMARTS) is 2. The van der Waals surface area contributed by atoms with Crippen LogP contribution >= 0.6 is 11.3 Å². The van der Waals surface area contributed by atoms with E-state index in [4.69, 9.17) is 33.7 Å². The van der Waals surface area contributed by atoms with Crippen LogP contribution in [0.1, 0.15) is 36.9 Å². The van der Waals surface area contributed by atoms with Crippen molar-refractivity contribution in [2.24, 2.45) is 0 Å². The predicted octanol–water partition coefficient (Wildman–Crippen LogP) is 3.43. The summed E-state index contributed by atoms with van der Waals surface area (Å²) < 4.78 is 21.7. The fourth-order valence-corrected chi connectivity index (χ4v) is 4.49. The summed E-state index contributed by atoms with van der Waals surface area (Å²) in [7, 11) is 0. The van der Waals surface area contributed by atoms with Gasteiger partial charge in [-0.15, -0.1) is 11.3 Å². The smallest absolute Gasteiger partial charge is 0.422 e. The summed E-state index contributed by atoms with van der Waals surface area (Å²) in [5, 5.41) is 15.3. The molecule has 2 heterocycles. The second-order valence-electron chi connectivity index (χ2n) is 7.87. The van der Waals surface area contributed by atoms with Crippen LogP contribution in [0.2, 0.25) is 0 Å². The van der Waals surface area contributed by atoms with E-state index in [0.717, 1.165) is 4.70 Å². The zero-order chi connectivity index (χ0) is 30.3. The lowest BCUT2D eigenvalue weighted by Crippen LogP contribution is -2.23. The summed E-state index contributed by atoms with van der Waals surface area (Å²) in [5.41, 5.74) is 0.674. The van der Waals surface area contributed by atoms with Gasteiger partial charge in [-0.3, -0.25) is 4.79 Å². The van der Waals surface area contributed by atoms with Crippen molar-refractivity contribution in [1.82, 2.24) is 4.98 Å². The molecule has 0 aliphatic rings. The predicted molar refractivity (Wildman–Crippen MR) is 144 cm³/mol. The average Bonchev–Trinajstić information content (AvgIpc) is 3.37. The van der Waals surface area contributed by atoms with Crippen molar-refractivity contribution in [2.75, 3.05) is 13.2 Å². The Morgan fingerprint density at radius 1 is 0.927 bits per heavy atom. The highest BCUT2D eigenvalue weighted by atomic mass is 32.1. The Morgan fingerprint density at radius 2 is 1.59 bits per heavy atom. The van der Waals surface area contributed by atoms with E-state index >= 15 is 0 Å². The van der Waals surface area contributed by atoms with Crippen molar-refractivity contribution in [3.05, 3.63) is 57.9 Å². The number of carbonyl (C=O) groups excluding carboxylic acids is 3. The fraction of sp³-hybridized carbons (Fsp3) is 0.222. The van der Waals surface area contributed by atoms with Gasteiger partial charge in [0, 0.05) is 6.07 Å². The van der Waals surface area contributed by atoms with Crippen LogP contribution in [0.15, 0.2) is 45.6 Å². The minimum atomic E-state index is -1.82. The monoisotopic (exact) mass is 585 g/mol. The molecule has 0 saturated carbocycles. The van der Waals surface area contributed by atoms with Crippen LogP contribution in [0.5, 0.6) is 5.75 Å². The van der Waals surface area contributed by atoms with E-state index in [1.165, 1.54) is 23.5 Å². The van der Waals surface area contributed by atoms with E-state index in [2.05, 4.69) is 9.72 Å². The van der Waals surface area contributed by atoms with Crippen LogP contribution in [0.4, 0.5) is 0 Å². The first-order valence-electron chi connectivity index (χ1n) is 12.0. The number of rotatable bonds is 6. The van der Waals surface area contributed by atoms with Crippen molar-refractivity contribution in [3.63, 3.8) is 0 Å². The van der Waals surface area contributed by atoms with Gasteiger partial charge in [0.1, 0.15) is 21.9 Å². The Bertz CT molecular complexity index is 1670. The van der Waals surface area contributed by atoms with E-state index in [1.807, 2.05) is 18.2 Å². The summed E-state index contributed by atoms with van der Waals surface area (Å²) in [6.07, 6.45) is 0.386. The summed E-state index contributed by atoms with van der Waals surface area (Å²) in [6.45, 7) is 5.07. The number of thiazole rings is 1. The van der Waals surface area contributed by atoms with Gasteiger partial charge in [0.15, 0.2) is 0 Å². The number of hydrogen-bond donors (Lipinski definition) is 2. The third-order valence-electron chi connectivity index (χ3n) is 5.25. The van der Waals surface area contributed by atoms with E-state index < -0.39 is 35.3 Å². The Labute approximate surface area is 234 Å². The van der Waals surface area contributed by atoms with Crippen molar-refractivity contribution in [3.8, 4) is 16.3 Å². The number of aromatic nitrogens is 1. The molecule has 0 saturated heterocycles. The highest BCUT2D eigenvalue weighted by Gasteiger charge is 2.27. The number of para-hydroxylation sites is 1. The number of carbonyl (C=O) groups is 5. The maximum absolute atomic E-state index is 13.6. The van der Waals surface area contributed by atoms with Gasteiger partial charge >= 0.3 is 29.8 Å². The van der Waals surface area contributed by atoms with E-state index in [1.54, 1.807) is 26.8 Å². The van der Waals surface area contributed by atoms with Crippen LogP contribution in [-0.4, -0.2) is 58.3 Å². The van der Waals surface area contributed by atoms with Gasteiger partial charge in [0.2, 0.25) is 11.2 Å². The van der Waals surface area contributed by atoms with Crippen molar-refractivity contribution in [2.45, 2.75) is 27.2 Å². The minimum Gasteiger partial charge on any atom is -0.473 e. The van der Waals surface area contributed by atoms with E-state index in [-0.39, 0.29) is 41.3 Å². The summed E-state index contributed by atoms with van der Waals surface area (Å²) in [4.78, 5) is 72.9. The molecule has 0 unspecified atom stereocenters. The molecule has 41 heavy (non-hydrogen) atoms. The van der Waals surface area contributed by atoms with Gasteiger partial charge < -0.3 is 28.8 Å². The van der Waals surface area contributed by atoms with E-state index in [9.17, 15) is 19.2 Å². The Balaban J connectivity index is 0.000000696. The molecule has 0 atom stereocenters. The van der Waals surface area contributed by atoms with Gasteiger partial charge in [0.25, 0.3) is 0 Å². The second-order valence-corrected chi connectivity index (χ2v) is 8.90. The molecule has 13 nitrogen and oxygen atoms in total. The van der Waals surface area contributed by atoms with Crippen molar-refractivity contribution >= 4 is 62.4 Å². The molecule has 14 heteroatoms. The topological polar surface area (TPSA) is 197 Å². The van der Waals surface area contributed by atoms with Crippen LogP contribution in [0.3, 0.4) is 0 Å². The average molecular weight is 586 g/mol. The molecule has 2 aromatic carbocycles. The number of ether oxygens (including phenoxy) is 3. The molecular weight excluding hydrogens is 562 g/mol. The number of fused-ring (bicyclic) bond motifs is 2. The molecule has 0 fully saturated rings. The second kappa shape index (κ2) is 13.3. The first-order chi connectivity index (χ1) is 19.5. The molecule has 0 bridgehead atoms. The van der Waals surface area contributed by atoms with Crippen LogP contribution < -0.4 is 10.2 Å². The number of esters is 3. The molecule has 0 aliphatic heterocycles. The molecule has 0 aliphatic carbocycles. The normalized spacial score (nSPS) is 10.4. The third-order valence-corrected chi connectivity index (χ3v) is 6.30. The van der Waals surface area contributed by atoms with Crippen molar-refractivity contribution in [1.29, 1.82) is 0 Å². The molecule has 4 aromatic rings. The summed E-state index contributed by atoms with van der Waals surface area (Å²) >= 11 is 1.25. The largest absolute Gasteiger partial charge is 0.473 e. The molecule has 2 aromatic heterocycles. The van der Waals surface area contributed by atoms with Crippen LogP contribution in [-0.2, 0) is 35.1 Å². The van der Waals surface area contributed by atoms with Crippen LogP contribution in [0.25, 0.3) is 31.8 Å². The van der Waals surface area contributed by atoms with E-state index in [0.29, 0.717) is 22.5 Å². The highest BCUT2D eigenvalue weighted by Crippen LogP contribution is 2.34. The molecule has 0 amide bonds. The first-order valence-corrected chi connectivity index (χ1v) is 12.9. The summed E-state index contributed by atoms with van der Waals surface area (Å²) in [5.74, 6) is -7.12. The number of hydrogen-bond acceptors (Lipinski definition) is 12. The number of aliphatic carboxylic acids is 2. The maximum Gasteiger partial charge on any atom is 0.422 e. The molecule has 4 rings (SSSR count). The minimum absolute atomic E-state index is 0.00419. The SMILES string of the molecule is CCOC(=O)C(=O)Oc1cc2oc(C(=O)OCC)c(-c3nc4ccccc4s3)c(=O)c2cc1CC.O=C(O)C(=O)O. The fourth-order valence-electron chi connectivity index (χ4n) is 3.48. The number of carboxylic acids is 2. The molecule has 0 radical (unpaired) electrons. The first kappa shape index (κ1) is 30.4. The van der Waals surface area contributed by atoms with Crippen molar-refractivity contribution < 1.29 is 52.8 Å². The quantitative estimate of drug-likeness (QED) is 0.190. The van der Waals surface area contributed by atoms with Gasteiger partial charge in [-0.05, 0) is 44.0 Å². The number of aryl methyl sites for hydroxylation is 1. The molecule has 0 spiro atoms. The molecule has 214 valence electrons. The number of benzene rings is 2. The third kappa shape index (κ3) is 6.91. The lowest BCUT2D eigenvalue weighted by atomic mass is 10.1. The Hall–Kier alpha value is -5.11.